The van der Waals surface area contributed by atoms with Crippen molar-refractivity contribution in [2.75, 3.05) is 13.6 Å². The normalized spacial score (nSPS) is 28.1. The Labute approximate surface area is 113 Å². The van der Waals surface area contributed by atoms with Gasteiger partial charge in [0.05, 0.1) is 17.7 Å². The van der Waals surface area contributed by atoms with E-state index in [9.17, 15) is 4.79 Å². The molecule has 1 aromatic heterocycles. The van der Waals surface area contributed by atoms with Gasteiger partial charge in [0.15, 0.2) is 0 Å². The highest BCUT2D eigenvalue weighted by molar-refractivity contribution is 5.70. The third-order valence-electron chi connectivity index (χ3n) is 4.47. The molecule has 2 aliphatic heterocycles. The highest BCUT2D eigenvalue weighted by atomic mass is 16.4. The highest BCUT2D eigenvalue weighted by Gasteiger charge is 2.28. The highest BCUT2D eigenvalue weighted by Crippen LogP contribution is 2.30. The third-order valence-corrected chi connectivity index (χ3v) is 4.47. The van der Waals surface area contributed by atoms with Crippen molar-refractivity contribution in [2.45, 2.75) is 44.7 Å². The molecule has 0 bridgehead atoms. The number of aryl methyl sites for hydroxylation is 1. The number of carbonyl (C=O) groups is 1. The van der Waals surface area contributed by atoms with Crippen molar-refractivity contribution in [1.82, 2.24) is 14.5 Å². The van der Waals surface area contributed by atoms with Gasteiger partial charge in [-0.2, -0.15) is 0 Å². The fourth-order valence-corrected chi connectivity index (χ4v) is 3.28. The molecular weight excluding hydrogens is 242 g/mol. The van der Waals surface area contributed by atoms with Crippen LogP contribution in [0.5, 0.6) is 0 Å². The summed E-state index contributed by atoms with van der Waals surface area (Å²) in [5.74, 6) is 0.126. The summed E-state index contributed by atoms with van der Waals surface area (Å²) < 4.78 is 2.06. The largest absolute Gasteiger partial charge is 0.481 e. The Bertz CT molecular complexity index is 483. The first-order valence-electron chi connectivity index (χ1n) is 7.14. The van der Waals surface area contributed by atoms with Crippen LogP contribution in [-0.2, 0) is 17.8 Å². The van der Waals surface area contributed by atoms with Crippen molar-refractivity contribution in [1.29, 1.82) is 0 Å². The molecule has 0 aromatic carbocycles. The minimum atomic E-state index is -0.685. The molecule has 3 rings (SSSR count). The standard InChI is InChI=1S/C14H21N3O2/c1-16-7-3-2-4-12(16)11-9-17-8-10(14(18)19)5-6-13(17)15-11/h9-10,12H,2-8H2,1H3,(H,18,19). The topological polar surface area (TPSA) is 58.4 Å². The zero-order valence-electron chi connectivity index (χ0n) is 11.4. The summed E-state index contributed by atoms with van der Waals surface area (Å²) in [4.78, 5) is 18.2. The molecule has 0 spiro atoms. The first-order valence-corrected chi connectivity index (χ1v) is 7.14. The lowest BCUT2D eigenvalue weighted by Crippen LogP contribution is -2.29. The van der Waals surface area contributed by atoms with Gasteiger partial charge in [0, 0.05) is 19.2 Å². The van der Waals surface area contributed by atoms with Gasteiger partial charge in [-0.3, -0.25) is 9.69 Å². The lowest BCUT2D eigenvalue weighted by molar-refractivity contribution is -0.142. The molecule has 104 valence electrons. The zero-order chi connectivity index (χ0) is 13.4. The number of rotatable bonds is 2. The Morgan fingerprint density at radius 2 is 2.26 bits per heavy atom. The molecule has 1 N–H and O–H groups in total. The van der Waals surface area contributed by atoms with Crippen LogP contribution in [0, 0.1) is 5.92 Å². The van der Waals surface area contributed by atoms with Crippen LogP contribution in [-0.4, -0.2) is 39.1 Å². The maximum Gasteiger partial charge on any atom is 0.308 e. The Hall–Kier alpha value is -1.36. The molecule has 19 heavy (non-hydrogen) atoms. The predicted octanol–water partition coefficient (Wildman–Crippen LogP) is 1.69. The quantitative estimate of drug-likeness (QED) is 0.882. The van der Waals surface area contributed by atoms with Gasteiger partial charge < -0.3 is 9.67 Å². The molecule has 0 aliphatic carbocycles. The van der Waals surface area contributed by atoms with E-state index in [4.69, 9.17) is 10.1 Å². The molecule has 0 radical (unpaired) electrons. The van der Waals surface area contributed by atoms with E-state index in [1.165, 1.54) is 12.8 Å². The second kappa shape index (κ2) is 4.96. The van der Waals surface area contributed by atoms with Gasteiger partial charge in [0.2, 0.25) is 0 Å². The number of carboxylic acid groups (broad SMARTS) is 1. The van der Waals surface area contributed by atoms with Gasteiger partial charge in [0.1, 0.15) is 5.82 Å². The zero-order valence-corrected chi connectivity index (χ0v) is 11.4. The molecule has 1 aromatic rings. The van der Waals surface area contributed by atoms with Gasteiger partial charge in [-0.15, -0.1) is 0 Å². The average molecular weight is 263 g/mol. The van der Waals surface area contributed by atoms with Crippen molar-refractivity contribution < 1.29 is 9.90 Å². The Balaban J connectivity index is 1.81. The Morgan fingerprint density at radius 3 is 3.00 bits per heavy atom. The molecule has 2 aliphatic rings. The maximum atomic E-state index is 11.1. The molecule has 0 saturated carbocycles. The summed E-state index contributed by atoms with van der Waals surface area (Å²) in [6.07, 6.45) is 7.27. The van der Waals surface area contributed by atoms with Crippen LogP contribution >= 0.6 is 0 Å². The van der Waals surface area contributed by atoms with Crippen LogP contribution in [0.1, 0.15) is 43.2 Å². The summed E-state index contributed by atoms with van der Waals surface area (Å²) >= 11 is 0. The summed E-state index contributed by atoms with van der Waals surface area (Å²) in [5, 5.41) is 9.12. The average Bonchev–Trinajstić information content (AvgIpc) is 2.81. The molecular formula is C14H21N3O2. The fourth-order valence-electron chi connectivity index (χ4n) is 3.28. The van der Waals surface area contributed by atoms with Crippen molar-refractivity contribution in [2.24, 2.45) is 5.92 Å². The second-order valence-corrected chi connectivity index (χ2v) is 5.80. The molecule has 3 heterocycles. The van der Waals surface area contributed by atoms with Crippen molar-refractivity contribution in [3.63, 3.8) is 0 Å². The number of likely N-dealkylation sites (tertiary alicyclic amines) is 1. The lowest BCUT2D eigenvalue weighted by atomic mass is 10.00. The van der Waals surface area contributed by atoms with E-state index < -0.39 is 5.97 Å². The molecule has 2 unspecified atom stereocenters. The second-order valence-electron chi connectivity index (χ2n) is 5.80. The predicted molar refractivity (Wildman–Crippen MR) is 70.9 cm³/mol. The first kappa shape index (κ1) is 12.7. The molecule has 5 nitrogen and oxygen atoms in total. The van der Waals surface area contributed by atoms with E-state index in [2.05, 4.69) is 22.7 Å². The van der Waals surface area contributed by atoms with Crippen LogP contribution in [0.4, 0.5) is 0 Å². The lowest BCUT2D eigenvalue weighted by Gasteiger charge is -2.31. The first-order chi connectivity index (χ1) is 9.15. The minimum Gasteiger partial charge on any atom is -0.481 e. The van der Waals surface area contributed by atoms with E-state index >= 15 is 0 Å². The Morgan fingerprint density at radius 1 is 1.42 bits per heavy atom. The van der Waals surface area contributed by atoms with E-state index in [0.717, 1.165) is 30.9 Å². The van der Waals surface area contributed by atoms with Gasteiger partial charge in [-0.05, 0) is 32.9 Å². The summed E-state index contributed by atoms with van der Waals surface area (Å²) in [5.41, 5.74) is 1.13. The summed E-state index contributed by atoms with van der Waals surface area (Å²) in [7, 11) is 2.15. The number of hydrogen-bond acceptors (Lipinski definition) is 3. The number of aliphatic carboxylic acids is 1. The van der Waals surface area contributed by atoms with Gasteiger partial charge in [-0.25, -0.2) is 4.98 Å². The van der Waals surface area contributed by atoms with Gasteiger partial charge >= 0.3 is 5.97 Å². The van der Waals surface area contributed by atoms with E-state index in [1.807, 2.05) is 0 Å². The van der Waals surface area contributed by atoms with Crippen molar-refractivity contribution in [3.8, 4) is 0 Å². The van der Waals surface area contributed by atoms with Crippen LogP contribution < -0.4 is 0 Å². The van der Waals surface area contributed by atoms with Crippen molar-refractivity contribution in [3.05, 3.63) is 17.7 Å². The number of nitrogens with zero attached hydrogens (tertiary/aromatic N) is 3. The summed E-state index contributed by atoms with van der Waals surface area (Å²) in [6.45, 7) is 1.71. The number of piperidine rings is 1. The van der Waals surface area contributed by atoms with Gasteiger partial charge in [-0.1, -0.05) is 6.42 Å². The van der Waals surface area contributed by atoms with Crippen LogP contribution in [0.2, 0.25) is 0 Å². The third kappa shape index (κ3) is 2.39. The molecule has 2 atom stereocenters. The molecule has 0 amide bonds. The number of carboxylic acids is 1. The molecule has 1 saturated heterocycles. The van der Waals surface area contributed by atoms with Crippen LogP contribution in [0.15, 0.2) is 6.20 Å². The SMILES string of the molecule is CN1CCCCC1c1cn2c(n1)CCC(C(=O)O)C2. The monoisotopic (exact) mass is 263 g/mol. The maximum absolute atomic E-state index is 11.1. The van der Waals surface area contributed by atoms with Crippen LogP contribution in [0.3, 0.4) is 0 Å². The van der Waals surface area contributed by atoms with E-state index in [0.29, 0.717) is 19.0 Å². The minimum absolute atomic E-state index is 0.251. The number of hydrogen-bond donors (Lipinski definition) is 1. The molecule has 5 heteroatoms. The van der Waals surface area contributed by atoms with Crippen molar-refractivity contribution >= 4 is 5.97 Å². The number of fused-ring (bicyclic) bond motifs is 1. The van der Waals surface area contributed by atoms with E-state index in [1.54, 1.807) is 0 Å². The summed E-state index contributed by atoms with van der Waals surface area (Å²) in [6, 6.07) is 0.412. The number of imidazole rings is 1. The molecule has 1 fully saturated rings. The smallest absolute Gasteiger partial charge is 0.308 e. The van der Waals surface area contributed by atoms with E-state index in [-0.39, 0.29) is 5.92 Å². The number of aromatic nitrogens is 2. The fraction of sp³-hybridized carbons (Fsp3) is 0.714. The Kier molecular flexibility index (Phi) is 3.31. The van der Waals surface area contributed by atoms with Crippen LogP contribution in [0.25, 0.3) is 0 Å². The van der Waals surface area contributed by atoms with Gasteiger partial charge in [0.25, 0.3) is 0 Å².